The van der Waals surface area contributed by atoms with Gasteiger partial charge in [-0.1, -0.05) is 12.1 Å². The molecule has 1 N–H and O–H groups in total. The molecule has 1 aliphatic carbocycles. The third-order valence-corrected chi connectivity index (χ3v) is 7.40. The predicted octanol–water partition coefficient (Wildman–Crippen LogP) is 4.77. The Bertz CT molecular complexity index is 1370. The molecule has 0 unspecified atom stereocenters. The summed E-state index contributed by atoms with van der Waals surface area (Å²) in [6.07, 6.45) is 0.567. The molecule has 1 aromatic carbocycles. The second kappa shape index (κ2) is 8.85. The fourth-order valence-electron chi connectivity index (χ4n) is 5.70. The van der Waals surface area contributed by atoms with E-state index in [4.69, 9.17) is 0 Å². The van der Waals surface area contributed by atoms with Gasteiger partial charge in [-0.2, -0.15) is 13.2 Å². The number of halogens is 3. The van der Waals surface area contributed by atoms with Gasteiger partial charge in [-0.15, -0.1) is 10.2 Å². The molecule has 3 atom stereocenters. The average Bonchev–Trinajstić information content (AvgIpc) is 3.52. The van der Waals surface area contributed by atoms with Crippen LogP contribution in [0.4, 0.5) is 19.0 Å². The molecule has 3 aromatic heterocycles. The molecular weight excluding hydrogens is 467 g/mol. The van der Waals surface area contributed by atoms with Crippen LogP contribution in [-0.2, 0) is 19.8 Å². The van der Waals surface area contributed by atoms with Crippen LogP contribution in [0.1, 0.15) is 24.1 Å². The zero-order chi connectivity index (χ0) is 24.9. The molecule has 2 fully saturated rings. The normalized spacial score (nSPS) is 22.3. The van der Waals surface area contributed by atoms with E-state index in [2.05, 4.69) is 30.4 Å². The second-order valence-electron chi connectivity index (χ2n) is 9.90. The smallest absolute Gasteiger partial charge is 0.365 e. The van der Waals surface area contributed by atoms with Crippen LogP contribution in [0.3, 0.4) is 0 Å². The molecule has 0 bridgehead atoms. The highest BCUT2D eigenvalue weighted by Gasteiger charge is 2.42. The molecule has 4 aromatic rings. The number of imidazole rings is 1. The van der Waals surface area contributed by atoms with Crippen molar-refractivity contribution in [2.45, 2.75) is 31.6 Å². The Balaban J connectivity index is 1.17. The van der Waals surface area contributed by atoms with Crippen molar-refractivity contribution in [3.8, 4) is 11.3 Å². The summed E-state index contributed by atoms with van der Waals surface area (Å²) in [5, 5.41) is 11.3. The molecule has 10 heteroatoms. The summed E-state index contributed by atoms with van der Waals surface area (Å²) in [6, 6.07) is 12.2. The van der Waals surface area contributed by atoms with Crippen molar-refractivity contribution >= 4 is 16.9 Å². The first-order valence-electron chi connectivity index (χ1n) is 12.1. The molecular formula is C26H26F3N7. The number of fused-ring (bicyclic) bond motifs is 2. The van der Waals surface area contributed by atoms with Crippen molar-refractivity contribution in [3.63, 3.8) is 0 Å². The van der Waals surface area contributed by atoms with Crippen LogP contribution < -0.4 is 5.32 Å². The predicted molar refractivity (Wildman–Crippen MR) is 130 cm³/mol. The van der Waals surface area contributed by atoms with Crippen LogP contribution in [0.2, 0.25) is 0 Å². The molecule has 7 nitrogen and oxygen atoms in total. The minimum atomic E-state index is -4.54. The van der Waals surface area contributed by atoms with Crippen molar-refractivity contribution < 1.29 is 13.2 Å². The maximum atomic E-state index is 14.0. The van der Waals surface area contributed by atoms with Gasteiger partial charge in [0.1, 0.15) is 5.56 Å². The highest BCUT2D eigenvalue weighted by Crippen LogP contribution is 2.41. The monoisotopic (exact) mass is 493 g/mol. The molecule has 6 rings (SSSR count). The Kier molecular flexibility index (Phi) is 5.63. The van der Waals surface area contributed by atoms with E-state index in [0.717, 1.165) is 55.3 Å². The van der Waals surface area contributed by atoms with E-state index in [1.54, 1.807) is 30.7 Å². The van der Waals surface area contributed by atoms with Crippen LogP contribution in [-0.4, -0.2) is 48.8 Å². The number of likely N-dealkylation sites (tertiary alicyclic amines) is 1. The Morgan fingerprint density at radius 2 is 1.81 bits per heavy atom. The molecule has 186 valence electrons. The number of aryl methyl sites for hydroxylation is 1. The summed E-state index contributed by atoms with van der Waals surface area (Å²) in [5.74, 6) is 0.722. The van der Waals surface area contributed by atoms with Gasteiger partial charge in [0.25, 0.3) is 0 Å². The minimum Gasteiger partial charge on any atom is -0.365 e. The van der Waals surface area contributed by atoms with Gasteiger partial charge in [0.2, 0.25) is 0 Å². The summed E-state index contributed by atoms with van der Waals surface area (Å²) in [7, 11) is 1.84. The minimum absolute atomic E-state index is 0.0518. The van der Waals surface area contributed by atoms with E-state index in [1.165, 1.54) is 0 Å². The molecule has 0 spiro atoms. The number of nitrogens with zero attached hydrogens (tertiary/aromatic N) is 6. The molecule has 1 saturated carbocycles. The van der Waals surface area contributed by atoms with Crippen LogP contribution in [0, 0.1) is 11.8 Å². The maximum absolute atomic E-state index is 14.0. The summed E-state index contributed by atoms with van der Waals surface area (Å²) < 4.78 is 43.9. The number of benzene rings is 1. The third-order valence-electron chi connectivity index (χ3n) is 7.40. The van der Waals surface area contributed by atoms with Gasteiger partial charge >= 0.3 is 6.18 Å². The largest absolute Gasteiger partial charge is 0.420 e. The van der Waals surface area contributed by atoms with Crippen molar-refractivity contribution in [2.24, 2.45) is 18.9 Å². The van der Waals surface area contributed by atoms with E-state index in [0.29, 0.717) is 17.4 Å². The van der Waals surface area contributed by atoms with E-state index < -0.39 is 11.7 Å². The van der Waals surface area contributed by atoms with Gasteiger partial charge in [-0.25, -0.2) is 4.98 Å². The second-order valence-corrected chi connectivity index (χ2v) is 9.90. The summed E-state index contributed by atoms with van der Waals surface area (Å²) in [4.78, 5) is 11.1. The summed E-state index contributed by atoms with van der Waals surface area (Å²) >= 11 is 0. The highest BCUT2D eigenvalue weighted by molar-refractivity contribution is 5.81. The lowest BCUT2D eigenvalue weighted by atomic mass is 10.0. The Morgan fingerprint density at radius 1 is 1.00 bits per heavy atom. The molecule has 4 heterocycles. The van der Waals surface area contributed by atoms with Crippen LogP contribution in [0.25, 0.3) is 22.3 Å². The summed E-state index contributed by atoms with van der Waals surface area (Å²) in [6.45, 7) is 2.68. The molecule has 2 aliphatic rings. The zero-order valence-corrected chi connectivity index (χ0v) is 19.8. The number of hydrogen-bond acceptors (Lipinski definition) is 6. The molecule has 1 saturated heterocycles. The number of nitrogens with one attached hydrogen (secondary N) is 1. The lowest BCUT2D eigenvalue weighted by Gasteiger charge is -2.21. The van der Waals surface area contributed by atoms with Crippen molar-refractivity contribution in [3.05, 3.63) is 66.2 Å². The number of rotatable bonds is 5. The van der Waals surface area contributed by atoms with Gasteiger partial charge in [0.05, 0.1) is 28.7 Å². The van der Waals surface area contributed by atoms with E-state index in [9.17, 15) is 13.2 Å². The Hall–Kier alpha value is -3.53. The first-order valence-corrected chi connectivity index (χ1v) is 12.1. The lowest BCUT2D eigenvalue weighted by Crippen LogP contribution is -2.26. The fraction of sp³-hybridized carbons (Fsp3) is 0.385. The van der Waals surface area contributed by atoms with Crippen molar-refractivity contribution in [2.75, 3.05) is 18.4 Å². The number of alkyl halides is 3. The van der Waals surface area contributed by atoms with Crippen LogP contribution in [0.15, 0.2) is 55.0 Å². The fourth-order valence-corrected chi connectivity index (χ4v) is 5.70. The van der Waals surface area contributed by atoms with Gasteiger partial charge in [-0.05, 0) is 55.0 Å². The van der Waals surface area contributed by atoms with Gasteiger partial charge < -0.3 is 9.88 Å². The lowest BCUT2D eigenvalue weighted by molar-refractivity contribution is -0.137. The zero-order valence-electron chi connectivity index (χ0n) is 19.8. The van der Waals surface area contributed by atoms with Gasteiger partial charge in [0.15, 0.2) is 5.82 Å². The summed E-state index contributed by atoms with van der Waals surface area (Å²) in [5.41, 5.74) is 2.60. The number of aromatic nitrogens is 5. The number of hydrogen-bond donors (Lipinski definition) is 1. The van der Waals surface area contributed by atoms with Crippen LogP contribution >= 0.6 is 0 Å². The first-order chi connectivity index (χ1) is 17.3. The maximum Gasteiger partial charge on any atom is 0.420 e. The van der Waals surface area contributed by atoms with E-state index >= 15 is 0 Å². The molecule has 0 amide bonds. The van der Waals surface area contributed by atoms with Crippen molar-refractivity contribution in [1.82, 2.24) is 29.6 Å². The Morgan fingerprint density at radius 3 is 2.53 bits per heavy atom. The standard InChI is InChI=1S/C26H26F3N7/c1-35-15-31-22-6-5-16(10-24(22)35)23-11-21(26(27,28)29)25(34-33-23)32-20-8-17-12-36(13-18(17)9-20)14-19-4-2-3-7-30-19/h2-7,10-11,15,17-18,20H,8-9,12-14H2,1H3,(H,32,34)/t17-,18+,20+. The molecule has 36 heavy (non-hydrogen) atoms. The first kappa shape index (κ1) is 22.9. The van der Waals surface area contributed by atoms with Crippen LogP contribution in [0.5, 0.6) is 0 Å². The quantitative estimate of drug-likeness (QED) is 0.432. The molecule has 0 radical (unpaired) electrons. The SMILES string of the molecule is Cn1cnc2ccc(-c3cc(C(F)(F)F)c(N[C@H]4C[C@@H]5CN(Cc6ccccn6)C[C@@H]5C4)nn3)cc21. The average molecular weight is 494 g/mol. The number of pyridine rings is 1. The van der Waals surface area contributed by atoms with Gasteiger partial charge in [-0.3, -0.25) is 9.88 Å². The Labute approximate surface area is 206 Å². The topological polar surface area (TPSA) is 71.8 Å². The van der Waals surface area contributed by atoms with E-state index in [-0.39, 0.29) is 17.6 Å². The van der Waals surface area contributed by atoms with Crippen molar-refractivity contribution in [1.29, 1.82) is 0 Å². The van der Waals surface area contributed by atoms with Gasteiger partial charge in [0, 0.05) is 44.5 Å². The third kappa shape index (κ3) is 4.41. The van der Waals surface area contributed by atoms with E-state index in [1.807, 2.05) is 29.8 Å². The molecule has 1 aliphatic heterocycles. The highest BCUT2D eigenvalue weighted by atomic mass is 19.4. The number of anilines is 1.